The first-order valence-electron chi connectivity index (χ1n) is 11.3. The van der Waals surface area contributed by atoms with E-state index in [1.54, 1.807) is 13.0 Å². The Morgan fingerprint density at radius 2 is 1.47 bits per heavy atom. The Labute approximate surface area is 198 Å². The standard InChI is InChI=1S/C25H40ClN5O/c1-19-18-22(24(27)23(26)25(19)32)28-20-10-12-21(13-11-20)29(14-8-16-30(2,3)4)15-9-17-31(5,6)7/h10-13,18,23,27H,8-9,14-17H2,1-7H3/q+2. The van der Waals surface area contributed by atoms with E-state index in [4.69, 9.17) is 17.0 Å². The average molecular weight is 462 g/mol. The number of alkyl halides is 1. The summed E-state index contributed by atoms with van der Waals surface area (Å²) in [5.41, 5.74) is 3.00. The number of hydrogen-bond donors (Lipinski definition) is 1. The fourth-order valence-corrected chi connectivity index (χ4v) is 3.91. The van der Waals surface area contributed by atoms with Crippen molar-refractivity contribution in [2.24, 2.45) is 4.99 Å². The molecular weight excluding hydrogens is 422 g/mol. The predicted molar refractivity (Wildman–Crippen MR) is 137 cm³/mol. The van der Waals surface area contributed by atoms with E-state index in [9.17, 15) is 4.79 Å². The summed E-state index contributed by atoms with van der Waals surface area (Å²) < 4.78 is 1.93. The average Bonchev–Trinajstić information content (AvgIpc) is 2.68. The van der Waals surface area contributed by atoms with Gasteiger partial charge in [-0.15, -0.1) is 11.6 Å². The highest BCUT2D eigenvalue weighted by atomic mass is 35.5. The van der Waals surface area contributed by atoms with Crippen molar-refractivity contribution >= 4 is 40.2 Å². The van der Waals surface area contributed by atoms with Crippen LogP contribution in [0.2, 0.25) is 0 Å². The molecule has 0 radical (unpaired) electrons. The molecule has 0 spiro atoms. The van der Waals surface area contributed by atoms with Crippen LogP contribution < -0.4 is 4.90 Å². The molecule has 0 aliphatic heterocycles. The second-order valence-corrected chi connectivity index (χ2v) is 11.1. The van der Waals surface area contributed by atoms with Gasteiger partial charge in [0.05, 0.1) is 72.5 Å². The van der Waals surface area contributed by atoms with Crippen LogP contribution in [-0.2, 0) is 4.79 Å². The van der Waals surface area contributed by atoms with Gasteiger partial charge in [0.25, 0.3) is 0 Å². The van der Waals surface area contributed by atoms with Crippen molar-refractivity contribution in [1.29, 1.82) is 5.41 Å². The molecule has 0 saturated carbocycles. The van der Waals surface area contributed by atoms with Gasteiger partial charge in [-0.2, -0.15) is 0 Å². The second kappa shape index (κ2) is 10.7. The van der Waals surface area contributed by atoms with Crippen LogP contribution in [0.15, 0.2) is 40.9 Å². The number of hydrogen-bond acceptors (Lipinski definition) is 4. The number of halogens is 1. The topological polar surface area (TPSA) is 56.5 Å². The van der Waals surface area contributed by atoms with Gasteiger partial charge in [0, 0.05) is 31.6 Å². The minimum atomic E-state index is -0.948. The molecule has 176 valence electrons. The number of anilines is 1. The molecule has 0 amide bonds. The quantitative estimate of drug-likeness (QED) is 0.424. The molecule has 6 nitrogen and oxygen atoms in total. The molecule has 1 atom stereocenters. The first-order valence-corrected chi connectivity index (χ1v) is 11.7. The lowest BCUT2D eigenvalue weighted by atomic mass is 9.95. The Hall–Kier alpha value is -2.02. The van der Waals surface area contributed by atoms with Gasteiger partial charge in [0.2, 0.25) is 0 Å². The molecule has 0 aromatic heterocycles. The SMILES string of the molecule is CC1=CC(=Nc2ccc(N(CCC[N+](C)(C)C)CCC[N+](C)(C)C)cc2)C(=N)C(Cl)C1=O. The van der Waals surface area contributed by atoms with Crippen molar-refractivity contribution in [2.75, 3.05) is 73.4 Å². The second-order valence-electron chi connectivity index (χ2n) is 10.7. The molecule has 0 bridgehead atoms. The number of carbonyl (C=O) groups excluding carboxylic acids is 1. The first kappa shape index (κ1) is 26.2. The molecule has 1 unspecified atom stereocenters. The van der Waals surface area contributed by atoms with Crippen LogP contribution in [-0.4, -0.2) is 100 Å². The highest BCUT2D eigenvalue weighted by Gasteiger charge is 2.29. The van der Waals surface area contributed by atoms with Crippen LogP contribution in [0, 0.1) is 5.41 Å². The maximum absolute atomic E-state index is 11.9. The number of aliphatic imine (C=N–C) groups is 1. The number of benzene rings is 1. The lowest BCUT2D eigenvalue weighted by molar-refractivity contribution is -0.870. The van der Waals surface area contributed by atoms with Gasteiger partial charge in [-0.05, 0) is 42.8 Å². The number of Topliss-reactive ketones (excluding diaryl/α,β-unsaturated/α-hetero) is 1. The Kier molecular flexibility index (Phi) is 8.80. The van der Waals surface area contributed by atoms with Crippen LogP contribution in [0.4, 0.5) is 11.4 Å². The third-order valence-electron chi connectivity index (χ3n) is 5.48. The molecule has 0 heterocycles. The van der Waals surface area contributed by atoms with Crippen LogP contribution in [0.25, 0.3) is 0 Å². The predicted octanol–water partition coefficient (Wildman–Crippen LogP) is 3.91. The molecule has 32 heavy (non-hydrogen) atoms. The van der Waals surface area contributed by atoms with Crippen molar-refractivity contribution in [2.45, 2.75) is 25.1 Å². The largest absolute Gasteiger partial charge is 0.371 e. The molecule has 0 saturated heterocycles. The van der Waals surface area contributed by atoms with Gasteiger partial charge < -0.3 is 19.3 Å². The highest BCUT2D eigenvalue weighted by molar-refractivity contribution is 6.63. The van der Waals surface area contributed by atoms with E-state index in [1.165, 1.54) is 5.69 Å². The van der Waals surface area contributed by atoms with Gasteiger partial charge in [-0.1, -0.05) is 0 Å². The molecule has 2 rings (SSSR count). The Morgan fingerprint density at radius 3 is 1.94 bits per heavy atom. The lowest BCUT2D eigenvalue weighted by Crippen LogP contribution is -2.39. The Morgan fingerprint density at radius 1 is 0.969 bits per heavy atom. The maximum atomic E-state index is 11.9. The third-order valence-corrected chi connectivity index (χ3v) is 5.90. The smallest absolute Gasteiger partial charge is 0.182 e. The first-order chi connectivity index (χ1) is 14.8. The number of carbonyl (C=O) groups is 1. The number of nitrogens with zero attached hydrogens (tertiary/aromatic N) is 4. The fraction of sp³-hybridized carbons (Fsp3) is 0.560. The van der Waals surface area contributed by atoms with Gasteiger partial charge >= 0.3 is 0 Å². The normalized spacial score (nSPS) is 18.8. The van der Waals surface area contributed by atoms with Crippen LogP contribution in [0.1, 0.15) is 19.8 Å². The minimum Gasteiger partial charge on any atom is -0.371 e. The van der Waals surface area contributed by atoms with Gasteiger partial charge in [-0.3, -0.25) is 4.79 Å². The van der Waals surface area contributed by atoms with Gasteiger partial charge in [-0.25, -0.2) is 4.99 Å². The molecule has 0 fully saturated rings. The molecule has 7 heteroatoms. The number of quaternary nitrogens is 2. The summed E-state index contributed by atoms with van der Waals surface area (Å²) in [6.45, 7) is 6.01. The van der Waals surface area contributed by atoms with Crippen molar-refractivity contribution < 1.29 is 13.8 Å². The number of ketones is 1. The van der Waals surface area contributed by atoms with E-state index in [2.05, 4.69) is 64.3 Å². The van der Waals surface area contributed by atoms with E-state index in [-0.39, 0.29) is 11.5 Å². The maximum Gasteiger partial charge on any atom is 0.182 e. The van der Waals surface area contributed by atoms with E-state index in [1.807, 2.05) is 12.1 Å². The molecule has 1 aliphatic rings. The summed E-state index contributed by atoms with van der Waals surface area (Å²) >= 11 is 6.10. The Balaban J connectivity index is 2.16. The monoisotopic (exact) mass is 461 g/mol. The summed E-state index contributed by atoms with van der Waals surface area (Å²) in [7, 11) is 13.4. The fourth-order valence-electron chi connectivity index (χ4n) is 3.63. The summed E-state index contributed by atoms with van der Waals surface area (Å²) in [5.74, 6) is -0.218. The van der Waals surface area contributed by atoms with Crippen molar-refractivity contribution in [3.63, 3.8) is 0 Å². The summed E-state index contributed by atoms with van der Waals surface area (Å²) in [5, 5.41) is 7.20. The summed E-state index contributed by atoms with van der Waals surface area (Å²) in [6, 6.07) is 8.16. The molecular formula is C25H40ClN5O+2. The zero-order valence-electron chi connectivity index (χ0n) is 20.8. The van der Waals surface area contributed by atoms with E-state index in [0.717, 1.165) is 53.7 Å². The lowest BCUT2D eigenvalue weighted by Gasteiger charge is -2.30. The van der Waals surface area contributed by atoms with E-state index < -0.39 is 5.38 Å². The highest BCUT2D eigenvalue weighted by Crippen LogP contribution is 2.23. The molecule has 1 aromatic carbocycles. The van der Waals surface area contributed by atoms with Gasteiger partial charge in [0.15, 0.2) is 5.78 Å². The minimum absolute atomic E-state index is 0.0635. The van der Waals surface area contributed by atoms with Crippen molar-refractivity contribution in [1.82, 2.24) is 0 Å². The van der Waals surface area contributed by atoms with Crippen molar-refractivity contribution in [3.05, 3.63) is 35.9 Å². The van der Waals surface area contributed by atoms with Crippen LogP contribution in [0.3, 0.4) is 0 Å². The number of nitrogens with one attached hydrogen (secondary N) is 1. The van der Waals surface area contributed by atoms with E-state index in [0.29, 0.717) is 11.3 Å². The van der Waals surface area contributed by atoms with E-state index >= 15 is 0 Å². The number of allylic oxidation sites excluding steroid dienone is 2. The van der Waals surface area contributed by atoms with Crippen LogP contribution >= 0.6 is 11.6 Å². The van der Waals surface area contributed by atoms with Crippen molar-refractivity contribution in [3.8, 4) is 0 Å². The van der Waals surface area contributed by atoms with Gasteiger partial charge in [0.1, 0.15) is 5.38 Å². The van der Waals surface area contributed by atoms with Crippen LogP contribution in [0.5, 0.6) is 0 Å². The zero-order chi connectivity index (χ0) is 24.1. The molecule has 1 aromatic rings. The molecule has 1 N–H and O–H groups in total. The Bertz CT molecular complexity index is 855. The summed E-state index contributed by atoms with van der Waals surface area (Å²) in [6.07, 6.45) is 3.91. The number of rotatable bonds is 10. The third kappa shape index (κ3) is 8.15. The zero-order valence-corrected chi connectivity index (χ0v) is 21.5. The molecule has 1 aliphatic carbocycles. The summed E-state index contributed by atoms with van der Waals surface area (Å²) in [4.78, 5) is 19.0.